The Morgan fingerprint density at radius 2 is 2.13 bits per heavy atom. The summed E-state index contributed by atoms with van der Waals surface area (Å²) in [5.41, 5.74) is 4.34. The number of aliphatic carboxylic acids is 1. The fourth-order valence-corrected chi connectivity index (χ4v) is 2.57. The number of aryl methyl sites for hydroxylation is 2. The van der Waals surface area contributed by atoms with Gasteiger partial charge in [-0.2, -0.15) is 5.10 Å². The third-order valence-electron chi connectivity index (χ3n) is 3.56. The molecule has 0 aliphatic heterocycles. The summed E-state index contributed by atoms with van der Waals surface area (Å²) >= 11 is 0. The molecule has 3 rings (SSSR count). The predicted molar refractivity (Wildman–Crippen MR) is 87.8 cm³/mol. The van der Waals surface area contributed by atoms with Gasteiger partial charge in [0.25, 0.3) is 0 Å². The third-order valence-corrected chi connectivity index (χ3v) is 3.56. The van der Waals surface area contributed by atoms with Crippen LogP contribution in [-0.2, 0) is 11.3 Å². The third kappa shape index (κ3) is 2.83. The van der Waals surface area contributed by atoms with Crippen molar-refractivity contribution in [3.63, 3.8) is 0 Å². The Morgan fingerprint density at radius 3 is 2.83 bits per heavy atom. The van der Waals surface area contributed by atoms with E-state index in [-0.39, 0.29) is 0 Å². The molecule has 3 heterocycles. The molecule has 0 saturated carbocycles. The predicted octanol–water partition coefficient (Wildman–Crippen LogP) is 2.92. The van der Waals surface area contributed by atoms with Gasteiger partial charge >= 0.3 is 5.97 Å². The van der Waals surface area contributed by atoms with Crippen LogP contribution < -0.4 is 0 Å². The van der Waals surface area contributed by atoms with Crippen molar-refractivity contribution < 1.29 is 9.90 Å². The Bertz CT molecular complexity index is 912. The zero-order chi connectivity index (χ0) is 16.4. The molecule has 0 aliphatic rings. The van der Waals surface area contributed by atoms with Crippen LogP contribution in [0.15, 0.2) is 36.9 Å². The van der Waals surface area contributed by atoms with Crippen LogP contribution in [0.3, 0.4) is 0 Å². The van der Waals surface area contributed by atoms with Gasteiger partial charge in [0.1, 0.15) is 0 Å². The largest absolute Gasteiger partial charge is 0.478 e. The van der Waals surface area contributed by atoms with Crippen molar-refractivity contribution in [1.29, 1.82) is 0 Å². The van der Waals surface area contributed by atoms with Crippen molar-refractivity contribution in [3.05, 3.63) is 48.1 Å². The van der Waals surface area contributed by atoms with Gasteiger partial charge in [0, 0.05) is 53.3 Å². The molecule has 0 bridgehead atoms. The minimum atomic E-state index is -0.998. The maximum absolute atomic E-state index is 10.9. The van der Waals surface area contributed by atoms with Crippen LogP contribution in [-0.4, -0.2) is 30.8 Å². The summed E-state index contributed by atoms with van der Waals surface area (Å²) in [6.07, 6.45) is 9.65. The monoisotopic (exact) mass is 308 g/mol. The number of aromatic nitrogens is 4. The minimum Gasteiger partial charge on any atom is -0.478 e. The van der Waals surface area contributed by atoms with Gasteiger partial charge in [0.2, 0.25) is 0 Å². The van der Waals surface area contributed by atoms with E-state index < -0.39 is 5.97 Å². The normalized spacial score (nSPS) is 11.4. The molecule has 0 fully saturated rings. The van der Waals surface area contributed by atoms with Crippen molar-refractivity contribution in [2.75, 3.05) is 0 Å². The summed E-state index contributed by atoms with van der Waals surface area (Å²) in [7, 11) is 0. The second-order valence-corrected chi connectivity index (χ2v) is 5.21. The molecule has 116 valence electrons. The van der Waals surface area contributed by atoms with Crippen molar-refractivity contribution in [2.24, 2.45) is 0 Å². The van der Waals surface area contributed by atoms with Gasteiger partial charge in [0.15, 0.2) is 5.65 Å². The van der Waals surface area contributed by atoms with E-state index in [0.717, 1.165) is 39.4 Å². The van der Waals surface area contributed by atoms with Gasteiger partial charge in [-0.3, -0.25) is 4.98 Å². The first-order valence-corrected chi connectivity index (χ1v) is 7.27. The quantitative estimate of drug-likeness (QED) is 0.749. The van der Waals surface area contributed by atoms with E-state index in [1.165, 1.54) is 0 Å². The summed E-state index contributed by atoms with van der Waals surface area (Å²) in [6, 6.07) is 2.02. The highest BCUT2D eigenvalue weighted by Crippen LogP contribution is 2.31. The van der Waals surface area contributed by atoms with E-state index in [1.54, 1.807) is 30.9 Å². The van der Waals surface area contributed by atoms with E-state index >= 15 is 0 Å². The molecule has 6 heteroatoms. The fraction of sp³-hybridized carbons (Fsp3) is 0.176. The standard InChI is InChI=1S/C17H16N4O2/c1-3-21-17-14(10-20-21)16(13-6-11(2)7-18-8-13)12(9-19-17)4-5-15(22)23/h4-10H,3H2,1-2H3,(H,22,23)/b5-4+. The number of rotatable bonds is 4. The SMILES string of the molecule is CCn1ncc2c(-c3cncc(C)c3)c(/C=C/C(=O)O)cnc21. The Morgan fingerprint density at radius 1 is 1.30 bits per heavy atom. The zero-order valence-corrected chi connectivity index (χ0v) is 12.9. The van der Waals surface area contributed by atoms with Crippen molar-refractivity contribution >= 4 is 23.1 Å². The van der Waals surface area contributed by atoms with Crippen LogP contribution in [0.5, 0.6) is 0 Å². The smallest absolute Gasteiger partial charge is 0.328 e. The molecule has 0 spiro atoms. The summed E-state index contributed by atoms with van der Waals surface area (Å²) in [5, 5.41) is 14.1. The number of nitrogens with zero attached hydrogens (tertiary/aromatic N) is 4. The van der Waals surface area contributed by atoms with Gasteiger partial charge in [-0.1, -0.05) is 0 Å². The van der Waals surface area contributed by atoms with Crippen LogP contribution in [0.1, 0.15) is 18.1 Å². The van der Waals surface area contributed by atoms with E-state index in [0.29, 0.717) is 6.54 Å². The molecule has 3 aromatic rings. The Hall–Kier alpha value is -3.02. The van der Waals surface area contributed by atoms with Gasteiger partial charge in [-0.25, -0.2) is 14.5 Å². The summed E-state index contributed by atoms with van der Waals surface area (Å²) in [4.78, 5) is 19.5. The second-order valence-electron chi connectivity index (χ2n) is 5.21. The van der Waals surface area contributed by atoms with Gasteiger partial charge in [0.05, 0.1) is 6.20 Å². The number of hydrogen-bond donors (Lipinski definition) is 1. The molecular formula is C17H16N4O2. The first-order valence-electron chi connectivity index (χ1n) is 7.27. The number of carboxylic acids is 1. The topological polar surface area (TPSA) is 80.9 Å². The van der Waals surface area contributed by atoms with Crippen LogP contribution in [0.25, 0.3) is 28.2 Å². The van der Waals surface area contributed by atoms with E-state index in [2.05, 4.69) is 15.1 Å². The first kappa shape index (κ1) is 14.9. The molecule has 0 amide bonds. The molecule has 0 saturated heterocycles. The van der Waals surface area contributed by atoms with Gasteiger partial charge in [-0.15, -0.1) is 0 Å². The Balaban J connectivity index is 2.31. The minimum absolute atomic E-state index is 0.715. The van der Waals surface area contributed by atoms with E-state index in [4.69, 9.17) is 5.11 Å². The molecule has 0 aromatic carbocycles. The molecule has 1 N–H and O–H groups in total. The molecule has 6 nitrogen and oxygen atoms in total. The molecule has 0 aliphatic carbocycles. The molecule has 0 atom stereocenters. The summed E-state index contributed by atoms with van der Waals surface area (Å²) in [6.45, 7) is 4.68. The van der Waals surface area contributed by atoms with Crippen molar-refractivity contribution in [1.82, 2.24) is 19.7 Å². The maximum atomic E-state index is 10.9. The highest BCUT2D eigenvalue weighted by molar-refractivity contribution is 5.98. The van der Waals surface area contributed by atoms with Crippen LogP contribution in [0, 0.1) is 6.92 Å². The van der Waals surface area contributed by atoms with Crippen LogP contribution in [0.4, 0.5) is 0 Å². The van der Waals surface area contributed by atoms with Gasteiger partial charge in [-0.05, 0) is 31.6 Å². The summed E-state index contributed by atoms with van der Waals surface area (Å²) < 4.78 is 1.81. The first-order chi connectivity index (χ1) is 11.1. The molecule has 0 radical (unpaired) electrons. The average Bonchev–Trinajstić information content (AvgIpc) is 2.95. The average molecular weight is 308 g/mol. The number of pyridine rings is 2. The van der Waals surface area contributed by atoms with E-state index in [1.807, 2.05) is 24.6 Å². The molecule has 23 heavy (non-hydrogen) atoms. The number of fused-ring (bicyclic) bond motifs is 1. The fourth-order valence-electron chi connectivity index (χ4n) is 2.57. The van der Waals surface area contributed by atoms with Crippen LogP contribution >= 0.6 is 0 Å². The molecule has 0 unspecified atom stereocenters. The highest BCUT2D eigenvalue weighted by atomic mass is 16.4. The van der Waals surface area contributed by atoms with Gasteiger partial charge < -0.3 is 5.11 Å². The van der Waals surface area contributed by atoms with Crippen LogP contribution in [0.2, 0.25) is 0 Å². The molecular weight excluding hydrogens is 292 g/mol. The maximum Gasteiger partial charge on any atom is 0.328 e. The Labute approximate surface area is 133 Å². The Kier molecular flexibility index (Phi) is 3.89. The lowest BCUT2D eigenvalue weighted by molar-refractivity contribution is -0.131. The zero-order valence-electron chi connectivity index (χ0n) is 12.9. The summed E-state index contributed by atoms with van der Waals surface area (Å²) in [5.74, 6) is -0.998. The lowest BCUT2D eigenvalue weighted by atomic mass is 9.99. The number of carboxylic acid groups (broad SMARTS) is 1. The molecule has 3 aromatic heterocycles. The number of hydrogen-bond acceptors (Lipinski definition) is 4. The van der Waals surface area contributed by atoms with Crippen molar-refractivity contribution in [2.45, 2.75) is 20.4 Å². The van der Waals surface area contributed by atoms with Crippen molar-refractivity contribution in [3.8, 4) is 11.1 Å². The van der Waals surface area contributed by atoms with E-state index in [9.17, 15) is 4.79 Å². The lowest BCUT2D eigenvalue weighted by Gasteiger charge is -2.09. The highest BCUT2D eigenvalue weighted by Gasteiger charge is 2.14. The second kappa shape index (κ2) is 6.00. The number of carbonyl (C=O) groups is 1. The lowest BCUT2D eigenvalue weighted by Crippen LogP contribution is -1.98.